The maximum atomic E-state index is 12.0. The minimum absolute atomic E-state index is 0.0226. The zero-order valence-corrected chi connectivity index (χ0v) is 8.55. The summed E-state index contributed by atoms with van der Waals surface area (Å²) in [5, 5.41) is 18.1. The number of nitrogens with one attached hydrogen (secondary N) is 1. The van der Waals surface area contributed by atoms with Crippen LogP contribution in [0.5, 0.6) is 5.75 Å². The minimum atomic E-state index is -0.123. The zero-order valence-electron chi connectivity index (χ0n) is 8.55. The third-order valence-corrected chi connectivity index (χ3v) is 2.87. The van der Waals surface area contributed by atoms with Crippen LogP contribution in [0.2, 0.25) is 0 Å². The van der Waals surface area contributed by atoms with Crippen LogP contribution in [0, 0.1) is 5.92 Å². The van der Waals surface area contributed by atoms with Gasteiger partial charge in [-0.05, 0) is 12.1 Å². The molecule has 1 aromatic rings. The Morgan fingerprint density at radius 2 is 2.38 bits per heavy atom. The number of phenolic OH excluding ortho intramolecular Hbond substituents is 1. The van der Waals surface area contributed by atoms with Crippen LogP contribution in [0.15, 0.2) is 29.4 Å². The highest BCUT2D eigenvalue weighted by molar-refractivity contribution is 6.17. The van der Waals surface area contributed by atoms with Crippen LogP contribution in [-0.2, 0) is 4.79 Å². The quantitative estimate of drug-likeness (QED) is 0.711. The van der Waals surface area contributed by atoms with Crippen LogP contribution in [0.4, 0.5) is 5.69 Å². The molecule has 2 aliphatic rings. The molecule has 1 fully saturated rings. The summed E-state index contributed by atoms with van der Waals surface area (Å²) < 4.78 is 0. The Labute approximate surface area is 92.4 Å². The number of nitrogens with zero attached hydrogens (tertiary/aromatic N) is 2. The number of amides is 1. The van der Waals surface area contributed by atoms with Crippen molar-refractivity contribution in [3.8, 4) is 5.75 Å². The highest BCUT2D eigenvalue weighted by Gasteiger charge is 2.39. The normalized spacial score (nSPS) is 23.5. The molecule has 2 heterocycles. The molecular formula is C11H11N3O2. The van der Waals surface area contributed by atoms with Crippen LogP contribution < -0.4 is 10.3 Å². The number of carbonyl (C=O) groups is 1. The van der Waals surface area contributed by atoms with E-state index in [1.807, 2.05) is 0 Å². The third kappa shape index (κ3) is 1.29. The van der Waals surface area contributed by atoms with E-state index >= 15 is 0 Å². The Bertz CT molecular complexity index is 484. The van der Waals surface area contributed by atoms with Crippen molar-refractivity contribution < 1.29 is 9.90 Å². The summed E-state index contributed by atoms with van der Waals surface area (Å²) in [6.07, 6.45) is 0. The minimum Gasteiger partial charge on any atom is -0.508 e. The molecule has 2 N–H and O–H groups in total. The van der Waals surface area contributed by atoms with Crippen LogP contribution in [0.3, 0.4) is 0 Å². The van der Waals surface area contributed by atoms with Gasteiger partial charge in [0.1, 0.15) is 5.75 Å². The Balaban J connectivity index is 1.97. The number of hydrazone groups is 1. The van der Waals surface area contributed by atoms with Crippen molar-refractivity contribution in [3.05, 3.63) is 24.3 Å². The molecule has 5 nitrogen and oxygen atoms in total. The molecule has 1 aromatic carbocycles. The van der Waals surface area contributed by atoms with Gasteiger partial charge in [-0.2, -0.15) is 5.10 Å². The fourth-order valence-corrected chi connectivity index (χ4v) is 2.06. The van der Waals surface area contributed by atoms with Crippen molar-refractivity contribution in [3.63, 3.8) is 0 Å². The standard InChI is InChI=1S/C11H11N3O2/c15-8-3-1-2-7(4-8)14-11(16)9-5-12-6-10(9)13-14/h1-4,9,12,15H,5-6H2. The Morgan fingerprint density at radius 1 is 1.50 bits per heavy atom. The molecule has 3 rings (SSSR count). The smallest absolute Gasteiger partial charge is 0.257 e. The van der Waals surface area contributed by atoms with Crippen LogP contribution in [-0.4, -0.2) is 29.8 Å². The summed E-state index contributed by atoms with van der Waals surface area (Å²) in [6.45, 7) is 1.33. The van der Waals surface area contributed by atoms with E-state index in [-0.39, 0.29) is 17.6 Å². The second-order valence-electron chi connectivity index (χ2n) is 3.94. The maximum Gasteiger partial charge on any atom is 0.257 e. The summed E-state index contributed by atoms with van der Waals surface area (Å²) in [4.78, 5) is 12.0. The first kappa shape index (κ1) is 9.35. The predicted molar refractivity (Wildman–Crippen MR) is 59.4 cm³/mol. The van der Waals surface area contributed by atoms with Crippen molar-refractivity contribution >= 4 is 17.3 Å². The van der Waals surface area contributed by atoms with Crippen molar-refractivity contribution in [1.29, 1.82) is 0 Å². The van der Waals surface area contributed by atoms with E-state index < -0.39 is 0 Å². The van der Waals surface area contributed by atoms with E-state index in [1.165, 1.54) is 11.1 Å². The van der Waals surface area contributed by atoms with Crippen molar-refractivity contribution in [2.24, 2.45) is 11.0 Å². The molecule has 2 aliphatic heterocycles. The topological polar surface area (TPSA) is 64.9 Å². The number of fused-ring (bicyclic) bond motifs is 1. The largest absolute Gasteiger partial charge is 0.508 e. The Hall–Kier alpha value is -1.88. The van der Waals surface area contributed by atoms with Gasteiger partial charge >= 0.3 is 0 Å². The number of hydrogen-bond donors (Lipinski definition) is 2. The highest BCUT2D eigenvalue weighted by Crippen LogP contribution is 2.27. The lowest BCUT2D eigenvalue weighted by molar-refractivity contribution is -0.119. The number of benzene rings is 1. The molecule has 0 aromatic heterocycles. The first-order valence-corrected chi connectivity index (χ1v) is 5.17. The molecule has 0 bridgehead atoms. The van der Waals surface area contributed by atoms with E-state index in [1.54, 1.807) is 18.2 Å². The highest BCUT2D eigenvalue weighted by atomic mass is 16.3. The summed E-state index contributed by atoms with van der Waals surface area (Å²) >= 11 is 0. The monoisotopic (exact) mass is 217 g/mol. The predicted octanol–water partition coefficient (Wildman–Crippen LogP) is 0.314. The van der Waals surface area contributed by atoms with Gasteiger partial charge < -0.3 is 10.4 Å². The molecule has 0 spiro atoms. The molecule has 1 saturated heterocycles. The van der Waals surface area contributed by atoms with Crippen molar-refractivity contribution in [1.82, 2.24) is 5.32 Å². The SMILES string of the molecule is O=C1C2CNCC2=NN1c1cccc(O)c1. The van der Waals surface area contributed by atoms with Crippen LogP contribution in [0.25, 0.3) is 0 Å². The fraction of sp³-hybridized carbons (Fsp3) is 0.273. The second kappa shape index (κ2) is 3.31. The summed E-state index contributed by atoms with van der Waals surface area (Å²) in [6, 6.07) is 6.57. The van der Waals surface area contributed by atoms with E-state index in [0.29, 0.717) is 18.8 Å². The number of phenols is 1. The van der Waals surface area contributed by atoms with E-state index in [0.717, 1.165) is 5.71 Å². The van der Waals surface area contributed by atoms with E-state index in [4.69, 9.17) is 0 Å². The van der Waals surface area contributed by atoms with E-state index in [9.17, 15) is 9.90 Å². The Morgan fingerprint density at radius 3 is 3.12 bits per heavy atom. The molecule has 0 saturated carbocycles. The molecule has 16 heavy (non-hydrogen) atoms. The molecule has 1 unspecified atom stereocenters. The van der Waals surface area contributed by atoms with E-state index in [2.05, 4.69) is 10.4 Å². The van der Waals surface area contributed by atoms with Gasteiger partial charge in [0.25, 0.3) is 5.91 Å². The molecule has 0 radical (unpaired) electrons. The van der Waals surface area contributed by atoms with Gasteiger partial charge in [0.15, 0.2) is 0 Å². The maximum absolute atomic E-state index is 12.0. The lowest BCUT2D eigenvalue weighted by atomic mass is 10.1. The van der Waals surface area contributed by atoms with Gasteiger partial charge in [-0.1, -0.05) is 6.07 Å². The number of aromatic hydroxyl groups is 1. The molecule has 1 atom stereocenters. The van der Waals surface area contributed by atoms with Gasteiger partial charge in [-0.3, -0.25) is 4.79 Å². The fourth-order valence-electron chi connectivity index (χ4n) is 2.06. The Kier molecular flexibility index (Phi) is 1.94. The van der Waals surface area contributed by atoms with Gasteiger partial charge in [-0.15, -0.1) is 0 Å². The lowest BCUT2D eigenvalue weighted by Gasteiger charge is -2.13. The summed E-state index contributed by atoms with van der Waals surface area (Å²) in [5.41, 5.74) is 1.50. The van der Waals surface area contributed by atoms with Gasteiger partial charge in [-0.25, -0.2) is 5.01 Å². The molecular weight excluding hydrogens is 206 g/mol. The van der Waals surface area contributed by atoms with Crippen LogP contribution in [0.1, 0.15) is 0 Å². The molecule has 0 aliphatic carbocycles. The van der Waals surface area contributed by atoms with Gasteiger partial charge in [0.2, 0.25) is 0 Å². The van der Waals surface area contributed by atoms with Crippen LogP contribution >= 0.6 is 0 Å². The number of anilines is 1. The summed E-state index contributed by atoms with van der Waals surface area (Å²) in [7, 11) is 0. The number of rotatable bonds is 1. The molecule has 5 heteroatoms. The second-order valence-corrected chi connectivity index (χ2v) is 3.94. The number of hydrogen-bond acceptors (Lipinski definition) is 4. The molecule has 1 amide bonds. The average molecular weight is 217 g/mol. The van der Waals surface area contributed by atoms with Crippen molar-refractivity contribution in [2.75, 3.05) is 18.1 Å². The van der Waals surface area contributed by atoms with Gasteiger partial charge in [0.05, 0.1) is 17.3 Å². The average Bonchev–Trinajstić information content (AvgIpc) is 2.82. The van der Waals surface area contributed by atoms with Gasteiger partial charge in [0, 0.05) is 19.2 Å². The molecule has 82 valence electrons. The zero-order chi connectivity index (χ0) is 11.1. The summed E-state index contributed by atoms with van der Waals surface area (Å²) in [5.74, 6) is -0.00589. The first-order chi connectivity index (χ1) is 7.75. The number of carbonyl (C=O) groups excluding carboxylic acids is 1. The third-order valence-electron chi connectivity index (χ3n) is 2.87. The lowest BCUT2D eigenvalue weighted by Crippen LogP contribution is -2.28. The first-order valence-electron chi connectivity index (χ1n) is 5.17. The van der Waals surface area contributed by atoms with Crippen molar-refractivity contribution in [2.45, 2.75) is 0 Å².